The van der Waals surface area contributed by atoms with Gasteiger partial charge < -0.3 is 29.4 Å². The van der Waals surface area contributed by atoms with Crippen LogP contribution in [-0.2, 0) is 17.8 Å². The van der Waals surface area contributed by atoms with Gasteiger partial charge in [0.05, 0.1) is 6.04 Å². The molecule has 3 aromatic rings. The molecule has 36 heavy (non-hydrogen) atoms. The second-order valence-corrected chi connectivity index (χ2v) is 9.47. The minimum atomic E-state index is -0.760. The van der Waals surface area contributed by atoms with Crippen molar-refractivity contribution in [1.82, 2.24) is 5.32 Å². The minimum absolute atomic E-state index is 0.0412. The largest absolute Gasteiger partial charge is 0.507 e. The SMILES string of the molecule is C=CCc1ccc(OCc2ccccc2)cc1[C@H](NC(=O)OC(C)(C)C)c1cc2c(cc1O)OCO2. The molecule has 0 saturated carbocycles. The predicted octanol–water partition coefficient (Wildman–Crippen LogP) is 6.04. The van der Waals surface area contributed by atoms with Crippen LogP contribution in [-0.4, -0.2) is 23.6 Å². The molecule has 0 spiro atoms. The number of ether oxygens (including phenoxy) is 4. The van der Waals surface area contributed by atoms with Crippen molar-refractivity contribution >= 4 is 6.09 Å². The third kappa shape index (κ3) is 6.10. The van der Waals surface area contributed by atoms with Gasteiger partial charge in [-0.3, -0.25) is 0 Å². The molecule has 3 aromatic carbocycles. The molecule has 0 saturated heterocycles. The van der Waals surface area contributed by atoms with Crippen LogP contribution in [0.3, 0.4) is 0 Å². The average Bonchev–Trinajstić information content (AvgIpc) is 3.28. The molecular weight excluding hydrogens is 458 g/mol. The number of alkyl carbamates (subject to hydrolysis) is 1. The lowest BCUT2D eigenvalue weighted by Crippen LogP contribution is -2.35. The number of nitrogens with one attached hydrogen (secondary N) is 1. The molecule has 1 heterocycles. The first-order valence-corrected chi connectivity index (χ1v) is 11.8. The van der Waals surface area contributed by atoms with Crippen molar-refractivity contribution in [2.45, 2.75) is 45.4 Å². The maximum atomic E-state index is 12.9. The molecule has 0 unspecified atom stereocenters. The Morgan fingerprint density at radius 3 is 2.50 bits per heavy atom. The van der Waals surface area contributed by atoms with Gasteiger partial charge >= 0.3 is 6.09 Å². The van der Waals surface area contributed by atoms with Crippen LogP contribution in [0.1, 0.15) is 49.1 Å². The number of aromatic hydroxyl groups is 1. The van der Waals surface area contributed by atoms with Crippen molar-refractivity contribution in [3.05, 3.63) is 95.6 Å². The highest BCUT2D eigenvalue weighted by atomic mass is 16.7. The molecule has 1 atom stereocenters. The summed E-state index contributed by atoms with van der Waals surface area (Å²) in [7, 11) is 0. The van der Waals surface area contributed by atoms with Gasteiger partial charge in [0, 0.05) is 11.6 Å². The Kier molecular flexibility index (Phi) is 7.38. The highest BCUT2D eigenvalue weighted by molar-refractivity contribution is 5.70. The monoisotopic (exact) mass is 489 g/mol. The summed E-state index contributed by atoms with van der Waals surface area (Å²) in [6, 6.07) is 17.9. The number of hydrogen-bond donors (Lipinski definition) is 2. The summed E-state index contributed by atoms with van der Waals surface area (Å²) in [5.74, 6) is 1.51. The normalized spacial score (nSPS) is 13.1. The van der Waals surface area contributed by atoms with E-state index in [1.807, 2.05) is 48.5 Å². The van der Waals surface area contributed by atoms with Crippen LogP contribution in [0.5, 0.6) is 23.0 Å². The number of phenols is 1. The number of amides is 1. The van der Waals surface area contributed by atoms with Crippen LogP contribution in [0.15, 0.2) is 73.3 Å². The Hall–Kier alpha value is -4.13. The molecule has 188 valence electrons. The minimum Gasteiger partial charge on any atom is -0.507 e. The Morgan fingerprint density at radius 2 is 1.81 bits per heavy atom. The van der Waals surface area contributed by atoms with E-state index in [0.29, 0.717) is 35.8 Å². The Morgan fingerprint density at radius 1 is 1.08 bits per heavy atom. The number of phenolic OH excluding ortho intramolecular Hbond substituents is 1. The number of allylic oxidation sites excluding steroid dienone is 1. The summed E-state index contributed by atoms with van der Waals surface area (Å²) in [5.41, 5.74) is 2.42. The van der Waals surface area contributed by atoms with E-state index < -0.39 is 17.7 Å². The lowest BCUT2D eigenvalue weighted by atomic mass is 9.92. The number of rotatable bonds is 8. The molecule has 1 aliphatic rings. The van der Waals surface area contributed by atoms with Crippen LogP contribution in [0.2, 0.25) is 0 Å². The van der Waals surface area contributed by atoms with E-state index in [2.05, 4.69) is 11.9 Å². The van der Waals surface area contributed by atoms with E-state index in [-0.39, 0.29) is 12.5 Å². The third-order valence-electron chi connectivity index (χ3n) is 5.53. The maximum absolute atomic E-state index is 12.9. The molecule has 0 aromatic heterocycles. The summed E-state index contributed by atoms with van der Waals surface area (Å²) in [6.45, 7) is 9.70. The number of carbonyl (C=O) groups is 1. The average molecular weight is 490 g/mol. The third-order valence-corrected chi connectivity index (χ3v) is 5.53. The summed E-state index contributed by atoms with van der Waals surface area (Å²) in [6.07, 6.45) is 1.71. The predicted molar refractivity (Wildman–Crippen MR) is 137 cm³/mol. The van der Waals surface area contributed by atoms with E-state index in [1.54, 1.807) is 32.9 Å². The van der Waals surface area contributed by atoms with Crippen molar-refractivity contribution in [1.29, 1.82) is 0 Å². The Labute approximate surface area is 211 Å². The fourth-order valence-electron chi connectivity index (χ4n) is 3.94. The molecule has 2 N–H and O–H groups in total. The number of hydrogen-bond acceptors (Lipinski definition) is 6. The number of fused-ring (bicyclic) bond motifs is 1. The molecule has 1 aliphatic heterocycles. The van der Waals surface area contributed by atoms with Crippen molar-refractivity contribution in [3.8, 4) is 23.0 Å². The lowest BCUT2D eigenvalue weighted by molar-refractivity contribution is 0.0511. The second-order valence-electron chi connectivity index (χ2n) is 9.47. The fourth-order valence-corrected chi connectivity index (χ4v) is 3.94. The highest BCUT2D eigenvalue weighted by Crippen LogP contribution is 2.42. The first-order chi connectivity index (χ1) is 17.2. The number of carbonyl (C=O) groups excluding carboxylic acids is 1. The van der Waals surface area contributed by atoms with Crippen molar-refractivity contribution in [2.75, 3.05) is 6.79 Å². The van der Waals surface area contributed by atoms with Gasteiger partial charge in [-0.25, -0.2) is 4.79 Å². The number of benzene rings is 3. The zero-order valence-corrected chi connectivity index (χ0v) is 20.7. The summed E-state index contributed by atoms with van der Waals surface area (Å²) < 4.78 is 22.5. The topological polar surface area (TPSA) is 86.3 Å². The summed E-state index contributed by atoms with van der Waals surface area (Å²) in [5, 5.41) is 13.8. The molecular formula is C29H31NO6. The molecule has 0 radical (unpaired) electrons. The van der Waals surface area contributed by atoms with Crippen LogP contribution in [0.25, 0.3) is 0 Å². The van der Waals surface area contributed by atoms with E-state index in [0.717, 1.165) is 16.7 Å². The van der Waals surface area contributed by atoms with Gasteiger partial charge in [-0.05, 0) is 62.1 Å². The summed E-state index contributed by atoms with van der Waals surface area (Å²) in [4.78, 5) is 12.9. The van der Waals surface area contributed by atoms with Crippen LogP contribution in [0.4, 0.5) is 4.79 Å². The van der Waals surface area contributed by atoms with Crippen molar-refractivity contribution in [2.24, 2.45) is 0 Å². The Bertz CT molecular complexity index is 1230. The van der Waals surface area contributed by atoms with Gasteiger partial charge in [0.2, 0.25) is 6.79 Å². The van der Waals surface area contributed by atoms with E-state index in [4.69, 9.17) is 18.9 Å². The molecule has 7 nitrogen and oxygen atoms in total. The van der Waals surface area contributed by atoms with Gasteiger partial charge in [0.1, 0.15) is 23.7 Å². The van der Waals surface area contributed by atoms with E-state index in [1.165, 1.54) is 6.07 Å². The summed E-state index contributed by atoms with van der Waals surface area (Å²) >= 11 is 0. The van der Waals surface area contributed by atoms with Gasteiger partial charge in [0.25, 0.3) is 0 Å². The van der Waals surface area contributed by atoms with Gasteiger partial charge in [-0.1, -0.05) is 42.5 Å². The van der Waals surface area contributed by atoms with Crippen molar-refractivity contribution < 1.29 is 28.8 Å². The zero-order valence-electron chi connectivity index (χ0n) is 20.7. The zero-order chi connectivity index (χ0) is 25.7. The quantitative estimate of drug-likeness (QED) is 0.375. The van der Waals surface area contributed by atoms with Gasteiger partial charge in [0.15, 0.2) is 11.5 Å². The highest BCUT2D eigenvalue weighted by Gasteiger charge is 2.28. The first-order valence-electron chi connectivity index (χ1n) is 11.8. The molecule has 0 bridgehead atoms. The standard InChI is InChI=1S/C29H31NO6/c1-5-9-20-12-13-21(33-17-19-10-7-6-8-11-19)14-22(20)27(30-28(32)36-29(2,3)4)23-15-25-26(16-24(23)31)35-18-34-25/h5-8,10-16,27,31H,1,9,17-18H2,2-4H3,(H,30,32)/t27-/m0/s1. The molecule has 0 fully saturated rings. The van der Waals surface area contributed by atoms with Gasteiger partial charge in [-0.2, -0.15) is 0 Å². The maximum Gasteiger partial charge on any atom is 0.408 e. The smallest absolute Gasteiger partial charge is 0.408 e. The van der Waals surface area contributed by atoms with Crippen LogP contribution < -0.4 is 19.5 Å². The molecule has 7 heteroatoms. The lowest BCUT2D eigenvalue weighted by Gasteiger charge is -2.26. The van der Waals surface area contributed by atoms with E-state index in [9.17, 15) is 9.90 Å². The Balaban J connectivity index is 1.75. The fraction of sp³-hybridized carbons (Fsp3) is 0.276. The van der Waals surface area contributed by atoms with Crippen LogP contribution >= 0.6 is 0 Å². The van der Waals surface area contributed by atoms with E-state index >= 15 is 0 Å². The molecule has 1 amide bonds. The van der Waals surface area contributed by atoms with Gasteiger partial charge in [-0.15, -0.1) is 6.58 Å². The molecule has 4 rings (SSSR count). The second kappa shape index (κ2) is 10.6. The van der Waals surface area contributed by atoms with Crippen LogP contribution in [0, 0.1) is 0 Å². The molecule has 0 aliphatic carbocycles. The van der Waals surface area contributed by atoms with Crippen molar-refractivity contribution in [3.63, 3.8) is 0 Å². The first kappa shape index (κ1) is 25.0.